The maximum atomic E-state index is 14.1. The van der Waals surface area contributed by atoms with Crippen LogP contribution in [0.4, 0.5) is 0 Å². The van der Waals surface area contributed by atoms with E-state index in [2.05, 4.69) is 10.1 Å². The molecule has 45 heavy (non-hydrogen) atoms. The lowest BCUT2D eigenvalue weighted by Gasteiger charge is -2.25. The summed E-state index contributed by atoms with van der Waals surface area (Å²) in [6.07, 6.45) is -1.46. The van der Waals surface area contributed by atoms with Crippen molar-refractivity contribution in [1.82, 2.24) is 14.6 Å². The van der Waals surface area contributed by atoms with Gasteiger partial charge in [0, 0.05) is 6.42 Å². The molecule has 15 nitrogen and oxygen atoms in total. The van der Waals surface area contributed by atoms with Crippen LogP contribution in [-0.2, 0) is 32.9 Å². The van der Waals surface area contributed by atoms with Gasteiger partial charge in [0.15, 0.2) is 11.9 Å². The minimum atomic E-state index is -4.43. The summed E-state index contributed by atoms with van der Waals surface area (Å²) in [5.41, 5.74) is 4.80. The lowest BCUT2D eigenvalue weighted by Crippen LogP contribution is -2.40. The summed E-state index contributed by atoms with van der Waals surface area (Å²) in [4.78, 5) is 41.0. The molecule has 1 aromatic carbocycles. The number of hydrogen-bond donors (Lipinski definition) is 4. The maximum Gasteiger partial charge on any atom is 0.459 e. The van der Waals surface area contributed by atoms with E-state index in [9.17, 15) is 29.2 Å². The Morgan fingerprint density at radius 3 is 2.36 bits per heavy atom. The zero-order valence-corrected chi connectivity index (χ0v) is 26.8. The molecule has 0 radical (unpaired) electrons. The van der Waals surface area contributed by atoms with Crippen molar-refractivity contribution in [2.45, 2.75) is 77.9 Å². The van der Waals surface area contributed by atoms with E-state index in [1.807, 2.05) is 27.7 Å². The highest BCUT2D eigenvalue weighted by atomic mass is 31.2. The molecule has 1 saturated heterocycles. The Morgan fingerprint density at radius 2 is 1.76 bits per heavy atom. The molecule has 5 atom stereocenters. The van der Waals surface area contributed by atoms with E-state index >= 15 is 0 Å². The van der Waals surface area contributed by atoms with Crippen LogP contribution in [0.1, 0.15) is 70.1 Å². The van der Waals surface area contributed by atoms with Gasteiger partial charge in [-0.25, -0.2) is 9.55 Å². The molecule has 1 aromatic heterocycles. The molecule has 1 aliphatic rings. The second-order valence-electron chi connectivity index (χ2n) is 11.5. The molecule has 1 unspecified atom stereocenters. The predicted molar refractivity (Wildman–Crippen MR) is 160 cm³/mol. The van der Waals surface area contributed by atoms with E-state index in [-0.39, 0.29) is 31.3 Å². The Bertz CT molecular complexity index is 1320. The molecule has 16 heteroatoms. The summed E-state index contributed by atoms with van der Waals surface area (Å²) in [6.45, 7) is 7.70. The van der Waals surface area contributed by atoms with Crippen LogP contribution in [0.2, 0.25) is 0 Å². The minimum Gasteiger partial charge on any atom is -0.493 e. The SMILES string of the molecule is CC(C)CCOC(=O)C[C@H](NP(=O)(OC[C@@H]1C[C@@H](O)[C@H](n2cnc(C(N)=O)c2O)O1)Oc1ccccc1)C(=O)OCCC(C)C. The van der Waals surface area contributed by atoms with Gasteiger partial charge >= 0.3 is 19.7 Å². The number of benzene rings is 1. The molecule has 0 spiro atoms. The number of para-hydroxylation sites is 1. The van der Waals surface area contributed by atoms with Gasteiger partial charge in [-0.2, -0.15) is 5.09 Å². The number of hydrogen-bond acceptors (Lipinski definition) is 12. The van der Waals surface area contributed by atoms with Crippen molar-refractivity contribution in [2.75, 3.05) is 19.8 Å². The van der Waals surface area contributed by atoms with Crippen LogP contribution in [0.5, 0.6) is 11.6 Å². The van der Waals surface area contributed by atoms with Gasteiger partial charge in [-0.3, -0.25) is 23.5 Å². The van der Waals surface area contributed by atoms with Gasteiger partial charge in [0.1, 0.15) is 24.2 Å². The molecular weight excluding hydrogens is 611 g/mol. The van der Waals surface area contributed by atoms with E-state index < -0.39 is 74.7 Å². The molecule has 0 aliphatic carbocycles. The smallest absolute Gasteiger partial charge is 0.459 e. The van der Waals surface area contributed by atoms with Crippen LogP contribution in [0.25, 0.3) is 0 Å². The minimum absolute atomic E-state index is 0.0254. The summed E-state index contributed by atoms with van der Waals surface area (Å²) in [6, 6.07) is 6.61. The molecule has 1 aliphatic heterocycles. The quantitative estimate of drug-likeness (QED) is 0.135. The zero-order chi connectivity index (χ0) is 33.1. The van der Waals surface area contributed by atoms with Crippen LogP contribution in [-0.4, -0.2) is 75.7 Å². The number of nitrogens with one attached hydrogen (secondary N) is 1. The van der Waals surface area contributed by atoms with Crippen molar-refractivity contribution < 1.29 is 52.4 Å². The number of ether oxygens (including phenoxy) is 3. The number of primary amides is 1. The predicted octanol–water partition coefficient (Wildman–Crippen LogP) is 3.07. The van der Waals surface area contributed by atoms with Crippen molar-refractivity contribution >= 4 is 25.6 Å². The Morgan fingerprint density at radius 1 is 1.11 bits per heavy atom. The molecule has 2 heterocycles. The average Bonchev–Trinajstić information content (AvgIpc) is 3.53. The van der Waals surface area contributed by atoms with Crippen molar-refractivity contribution in [2.24, 2.45) is 17.6 Å². The third-order valence-corrected chi connectivity index (χ3v) is 8.27. The molecule has 1 fully saturated rings. The van der Waals surface area contributed by atoms with Crippen molar-refractivity contribution in [1.29, 1.82) is 0 Å². The zero-order valence-electron chi connectivity index (χ0n) is 25.9. The van der Waals surface area contributed by atoms with Gasteiger partial charge in [0.25, 0.3) is 5.91 Å². The van der Waals surface area contributed by atoms with Gasteiger partial charge in [-0.15, -0.1) is 0 Å². The summed E-state index contributed by atoms with van der Waals surface area (Å²) in [5.74, 6) is -2.42. The highest BCUT2D eigenvalue weighted by Crippen LogP contribution is 2.46. The third-order valence-electron chi connectivity index (χ3n) is 6.71. The third kappa shape index (κ3) is 11.1. The molecule has 0 bridgehead atoms. The molecule has 3 rings (SSSR count). The Hall–Kier alpha value is -3.49. The fourth-order valence-electron chi connectivity index (χ4n) is 4.20. The second-order valence-corrected chi connectivity index (χ2v) is 13.2. The Kier molecular flexibility index (Phi) is 13.4. The van der Waals surface area contributed by atoms with Crippen molar-refractivity contribution in [3.8, 4) is 11.6 Å². The average molecular weight is 655 g/mol. The van der Waals surface area contributed by atoms with Gasteiger partial charge < -0.3 is 34.7 Å². The van der Waals surface area contributed by atoms with E-state index in [0.717, 1.165) is 10.9 Å². The van der Waals surface area contributed by atoms with E-state index in [1.165, 1.54) is 12.1 Å². The molecule has 5 N–H and O–H groups in total. The summed E-state index contributed by atoms with van der Waals surface area (Å²) in [7, 11) is -4.43. The fraction of sp³-hybridized carbons (Fsp3) is 0.586. The number of aromatic nitrogens is 2. The lowest BCUT2D eigenvalue weighted by atomic mass is 10.1. The van der Waals surface area contributed by atoms with E-state index in [0.29, 0.717) is 18.8 Å². The Labute approximate surface area is 261 Å². The largest absolute Gasteiger partial charge is 0.493 e. The molecule has 0 saturated carbocycles. The van der Waals surface area contributed by atoms with Gasteiger partial charge in [0.2, 0.25) is 5.88 Å². The number of carbonyl (C=O) groups is 3. The number of nitrogens with zero attached hydrogens (tertiary/aromatic N) is 2. The highest BCUT2D eigenvalue weighted by Gasteiger charge is 2.41. The standard InChI is InChI=1S/C29H43N4O11P/c1-18(2)10-12-40-24(35)15-22(29(38)41-13-11-19(3)4)32-45(39,44-20-8-6-5-7-9-20)42-16-21-14-23(34)28(43-21)33-17-31-25(26(30)36)27(33)37/h5-9,17-19,21-23,28,34,37H,10-16H2,1-4H3,(H2,30,36)(H,32,39)/t21-,22-,23+,28+,45?/m0/s1. The van der Waals surface area contributed by atoms with Crippen molar-refractivity contribution in [3.63, 3.8) is 0 Å². The number of aliphatic hydroxyl groups excluding tert-OH is 1. The number of amides is 1. The first-order valence-corrected chi connectivity index (χ1v) is 16.3. The molecular formula is C29H43N4O11P. The number of nitrogens with two attached hydrogens (primary N) is 1. The lowest BCUT2D eigenvalue weighted by molar-refractivity contribution is -0.152. The van der Waals surface area contributed by atoms with E-state index in [1.54, 1.807) is 18.2 Å². The second kappa shape index (κ2) is 16.7. The van der Waals surface area contributed by atoms with Crippen molar-refractivity contribution in [3.05, 3.63) is 42.4 Å². The fourth-order valence-corrected chi connectivity index (χ4v) is 5.72. The maximum absolute atomic E-state index is 14.1. The van der Waals surface area contributed by atoms with Crippen LogP contribution < -0.4 is 15.3 Å². The number of aliphatic hydroxyl groups is 1. The Balaban J connectivity index is 1.77. The van der Waals surface area contributed by atoms with Gasteiger partial charge in [-0.05, 0) is 36.8 Å². The van der Waals surface area contributed by atoms with Crippen LogP contribution in [0.15, 0.2) is 36.7 Å². The number of imidazole rings is 1. The monoisotopic (exact) mass is 654 g/mol. The van der Waals surface area contributed by atoms with Gasteiger partial charge in [-0.1, -0.05) is 45.9 Å². The van der Waals surface area contributed by atoms with Crippen LogP contribution >= 0.6 is 7.75 Å². The van der Waals surface area contributed by atoms with Crippen LogP contribution in [0, 0.1) is 11.8 Å². The molecule has 1 amide bonds. The summed E-state index contributed by atoms with van der Waals surface area (Å²) in [5, 5.41) is 23.5. The number of rotatable bonds is 18. The summed E-state index contributed by atoms with van der Waals surface area (Å²) < 4.78 is 43.1. The van der Waals surface area contributed by atoms with E-state index in [4.69, 9.17) is 29.0 Å². The number of esters is 2. The first-order chi connectivity index (χ1) is 21.3. The molecule has 2 aromatic rings. The first kappa shape index (κ1) is 36.0. The highest BCUT2D eigenvalue weighted by molar-refractivity contribution is 7.52. The first-order valence-electron chi connectivity index (χ1n) is 14.8. The number of carbonyl (C=O) groups excluding carboxylic acids is 3. The topological polar surface area (TPSA) is 211 Å². The molecule has 250 valence electrons. The number of aromatic hydroxyl groups is 1. The van der Waals surface area contributed by atoms with Crippen LogP contribution in [0.3, 0.4) is 0 Å². The van der Waals surface area contributed by atoms with Gasteiger partial charge in [0.05, 0.1) is 32.3 Å². The summed E-state index contributed by atoms with van der Waals surface area (Å²) >= 11 is 0. The normalized spacial score (nSPS) is 20.1.